The maximum atomic E-state index is 12.6. The van der Waals surface area contributed by atoms with E-state index < -0.39 is 10.9 Å². The van der Waals surface area contributed by atoms with E-state index in [0.29, 0.717) is 22.6 Å². The van der Waals surface area contributed by atoms with Gasteiger partial charge in [0.1, 0.15) is 23.0 Å². The van der Waals surface area contributed by atoms with Gasteiger partial charge in [-0.1, -0.05) is 0 Å². The molecule has 9 heteroatoms. The number of allylic oxidation sites excluding steroid dienone is 1. The van der Waals surface area contributed by atoms with Gasteiger partial charge in [-0.3, -0.25) is 14.9 Å². The molecule has 0 unspecified atom stereocenters. The Balaban J connectivity index is 1.53. The minimum absolute atomic E-state index is 0.0554. The number of esters is 1. The molecule has 1 heterocycles. The van der Waals surface area contributed by atoms with E-state index in [2.05, 4.69) is 0 Å². The lowest BCUT2D eigenvalue weighted by molar-refractivity contribution is -0.384. The first kappa shape index (κ1) is 21.6. The van der Waals surface area contributed by atoms with Crippen LogP contribution in [-0.4, -0.2) is 30.9 Å². The van der Waals surface area contributed by atoms with Crippen molar-refractivity contribution < 1.29 is 33.5 Å². The van der Waals surface area contributed by atoms with Gasteiger partial charge in [0.05, 0.1) is 30.3 Å². The van der Waals surface area contributed by atoms with Crippen LogP contribution in [0.15, 0.2) is 66.4 Å². The number of carbonyl (C=O) groups is 2. The van der Waals surface area contributed by atoms with Gasteiger partial charge in [-0.25, -0.2) is 4.79 Å². The van der Waals surface area contributed by atoms with Crippen molar-refractivity contribution in [2.24, 2.45) is 0 Å². The van der Waals surface area contributed by atoms with Gasteiger partial charge in [0.2, 0.25) is 5.78 Å². The van der Waals surface area contributed by atoms with Gasteiger partial charge < -0.3 is 18.9 Å². The molecule has 0 amide bonds. The molecule has 33 heavy (non-hydrogen) atoms. The van der Waals surface area contributed by atoms with Crippen LogP contribution in [0, 0.1) is 10.1 Å². The topological polar surface area (TPSA) is 114 Å². The average molecular weight is 447 g/mol. The highest BCUT2D eigenvalue weighted by Crippen LogP contribution is 2.35. The Morgan fingerprint density at radius 3 is 2.21 bits per heavy atom. The van der Waals surface area contributed by atoms with Gasteiger partial charge >= 0.3 is 5.97 Å². The van der Waals surface area contributed by atoms with Gasteiger partial charge in [-0.05, 0) is 48.0 Å². The van der Waals surface area contributed by atoms with Crippen molar-refractivity contribution in [3.63, 3.8) is 0 Å². The van der Waals surface area contributed by atoms with Crippen molar-refractivity contribution in [2.45, 2.75) is 0 Å². The zero-order chi connectivity index (χ0) is 23.5. The van der Waals surface area contributed by atoms with E-state index in [0.717, 1.165) is 0 Å². The zero-order valence-corrected chi connectivity index (χ0v) is 17.6. The molecule has 0 N–H and O–H groups in total. The molecule has 3 aromatic carbocycles. The number of rotatable bonds is 6. The van der Waals surface area contributed by atoms with Crippen LogP contribution >= 0.6 is 0 Å². The molecule has 166 valence electrons. The molecule has 0 radical (unpaired) electrons. The Hall–Kier alpha value is -4.66. The molecule has 0 aromatic heterocycles. The second-order valence-electron chi connectivity index (χ2n) is 6.94. The first-order valence-corrected chi connectivity index (χ1v) is 9.66. The summed E-state index contributed by atoms with van der Waals surface area (Å²) in [5.74, 6) is 0.360. The molecule has 0 spiro atoms. The van der Waals surface area contributed by atoms with Gasteiger partial charge in [0.15, 0.2) is 5.76 Å². The van der Waals surface area contributed by atoms with Crippen LogP contribution in [0.4, 0.5) is 5.69 Å². The van der Waals surface area contributed by atoms with Gasteiger partial charge in [0.25, 0.3) is 5.69 Å². The lowest BCUT2D eigenvalue weighted by atomic mass is 10.1. The molecule has 3 aromatic rings. The predicted molar refractivity (Wildman–Crippen MR) is 117 cm³/mol. The minimum atomic E-state index is -0.641. The van der Waals surface area contributed by atoms with E-state index in [1.807, 2.05) is 0 Å². The van der Waals surface area contributed by atoms with Gasteiger partial charge in [0, 0.05) is 24.3 Å². The van der Waals surface area contributed by atoms with Crippen LogP contribution in [-0.2, 0) is 0 Å². The zero-order valence-electron chi connectivity index (χ0n) is 17.6. The fourth-order valence-corrected chi connectivity index (χ4v) is 3.17. The molecule has 1 aliphatic heterocycles. The number of nitrogens with zero attached hydrogens (tertiary/aromatic N) is 1. The third-order valence-corrected chi connectivity index (χ3v) is 4.84. The van der Waals surface area contributed by atoms with Crippen LogP contribution in [0.5, 0.6) is 23.0 Å². The third kappa shape index (κ3) is 4.52. The highest BCUT2D eigenvalue weighted by Gasteiger charge is 2.28. The van der Waals surface area contributed by atoms with Crippen LogP contribution in [0.25, 0.3) is 6.08 Å². The number of hydrogen-bond acceptors (Lipinski definition) is 8. The molecular weight excluding hydrogens is 430 g/mol. The summed E-state index contributed by atoms with van der Waals surface area (Å²) < 4.78 is 21.4. The SMILES string of the molecule is COc1cc(OC)cc(C(=O)Oc2ccc3c(c2)O/C(=C\c2ccc([N+](=O)[O-])cc2)C3=O)c1. The fourth-order valence-electron chi connectivity index (χ4n) is 3.17. The first-order valence-electron chi connectivity index (χ1n) is 9.66. The number of carbonyl (C=O) groups excluding carboxylic acids is 2. The van der Waals surface area contributed by atoms with Crippen molar-refractivity contribution >= 4 is 23.5 Å². The lowest BCUT2D eigenvalue weighted by Gasteiger charge is -2.09. The monoisotopic (exact) mass is 447 g/mol. The molecular formula is C24H17NO8. The molecule has 4 rings (SSSR count). The van der Waals surface area contributed by atoms with Crippen molar-refractivity contribution in [1.82, 2.24) is 0 Å². The second kappa shape index (κ2) is 8.83. The molecule has 9 nitrogen and oxygen atoms in total. The largest absolute Gasteiger partial charge is 0.497 e. The highest BCUT2D eigenvalue weighted by molar-refractivity contribution is 6.14. The van der Waals surface area contributed by atoms with E-state index in [9.17, 15) is 19.7 Å². The van der Waals surface area contributed by atoms with Crippen LogP contribution in [0.1, 0.15) is 26.3 Å². The third-order valence-electron chi connectivity index (χ3n) is 4.84. The van der Waals surface area contributed by atoms with Gasteiger partial charge in [-0.15, -0.1) is 0 Å². The minimum Gasteiger partial charge on any atom is -0.497 e. The number of hydrogen-bond donors (Lipinski definition) is 0. The standard InChI is InChI=1S/C24H17NO8/c1-30-18-10-15(11-19(12-18)31-2)24(27)32-17-7-8-20-21(13-17)33-22(23(20)26)9-14-3-5-16(6-4-14)25(28)29/h3-13H,1-2H3/b22-9-. The maximum Gasteiger partial charge on any atom is 0.343 e. The van der Waals surface area contributed by atoms with E-state index in [1.54, 1.807) is 6.07 Å². The Kier molecular flexibility index (Phi) is 5.77. The van der Waals surface area contributed by atoms with Crippen molar-refractivity contribution in [3.05, 3.63) is 93.2 Å². The van der Waals surface area contributed by atoms with Crippen LogP contribution in [0.2, 0.25) is 0 Å². The maximum absolute atomic E-state index is 12.6. The van der Waals surface area contributed by atoms with Gasteiger partial charge in [-0.2, -0.15) is 0 Å². The molecule has 0 saturated heterocycles. The summed E-state index contributed by atoms with van der Waals surface area (Å²) in [5.41, 5.74) is 1.04. The number of methoxy groups -OCH3 is 2. The summed E-state index contributed by atoms with van der Waals surface area (Å²) in [6.07, 6.45) is 1.49. The summed E-state index contributed by atoms with van der Waals surface area (Å²) in [6, 6.07) is 14.8. The van der Waals surface area contributed by atoms with Crippen LogP contribution < -0.4 is 18.9 Å². The quantitative estimate of drug-likeness (QED) is 0.179. The highest BCUT2D eigenvalue weighted by atomic mass is 16.6. The van der Waals surface area contributed by atoms with E-state index in [1.165, 1.54) is 74.9 Å². The number of fused-ring (bicyclic) bond motifs is 1. The van der Waals surface area contributed by atoms with E-state index >= 15 is 0 Å². The molecule has 0 fully saturated rings. The van der Waals surface area contributed by atoms with E-state index in [4.69, 9.17) is 18.9 Å². The summed E-state index contributed by atoms with van der Waals surface area (Å²) in [7, 11) is 2.95. The summed E-state index contributed by atoms with van der Waals surface area (Å²) >= 11 is 0. The van der Waals surface area contributed by atoms with Crippen LogP contribution in [0.3, 0.4) is 0 Å². The average Bonchev–Trinajstić information content (AvgIpc) is 3.13. The van der Waals surface area contributed by atoms with Crippen molar-refractivity contribution in [1.29, 1.82) is 0 Å². The van der Waals surface area contributed by atoms with E-state index in [-0.39, 0.29) is 34.3 Å². The number of ketones is 1. The molecule has 0 saturated carbocycles. The number of nitro groups is 1. The second-order valence-corrected chi connectivity index (χ2v) is 6.94. The lowest BCUT2D eigenvalue weighted by Crippen LogP contribution is -2.09. The van der Waals surface area contributed by atoms with Crippen molar-refractivity contribution in [2.75, 3.05) is 14.2 Å². The normalized spacial score (nSPS) is 13.3. The Morgan fingerprint density at radius 2 is 1.61 bits per heavy atom. The fraction of sp³-hybridized carbons (Fsp3) is 0.0833. The smallest absolute Gasteiger partial charge is 0.343 e. The van der Waals surface area contributed by atoms with Crippen molar-refractivity contribution in [3.8, 4) is 23.0 Å². The Bertz CT molecular complexity index is 1270. The number of benzene rings is 3. The number of nitro benzene ring substituents is 1. The number of Topliss-reactive ketones (excluding diaryl/α,β-unsaturated/α-hetero) is 1. The molecule has 0 bridgehead atoms. The molecule has 0 atom stereocenters. The predicted octanol–water partition coefficient (Wildman–Crippen LogP) is 4.45. The first-order chi connectivity index (χ1) is 15.9. The summed E-state index contributed by atoms with van der Waals surface area (Å²) in [6.45, 7) is 0. The Morgan fingerprint density at radius 1 is 0.939 bits per heavy atom. The Labute approximate surface area is 187 Å². The summed E-state index contributed by atoms with van der Waals surface area (Å²) in [4.78, 5) is 35.5. The molecule has 0 aliphatic carbocycles. The summed E-state index contributed by atoms with van der Waals surface area (Å²) in [5, 5.41) is 10.8. The molecule has 1 aliphatic rings. The number of ether oxygens (including phenoxy) is 4. The number of non-ortho nitro benzene ring substituents is 1.